The van der Waals surface area contributed by atoms with Crippen LogP contribution >= 0.6 is 0 Å². The minimum Gasteiger partial charge on any atom is -0.392 e. The summed E-state index contributed by atoms with van der Waals surface area (Å²) < 4.78 is 0. The molecule has 19 heavy (non-hydrogen) atoms. The smallest absolute Gasteiger partial charge is 0.220 e. The zero-order chi connectivity index (χ0) is 14.3. The molecule has 0 radical (unpaired) electrons. The van der Waals surface area contributed by atoms with Gasteiger partial charge in [-0.3, -0.25) is 9.69 Å². The van der Waals surface area contributed by atoms with Crippen molar-refractivity contribution in [2.75, 3.05) is 13.6 Å². The highest BCUT2D eigenvalue weighted by Crippen LogP contribution is 2.12. The van der Waals surface area contributed by atoms with Gasteiger partial charge < -0.3 is 10.8 Å². The van der Waals surface area contributed by atoms with Crippen LogP contribution in [0.1, 0.15) is 25.6 Å². The van der Waals surface area contributed by atoms with E-state index in [1.165, 1.54) is 0 Å². The summed E-state index contributed by atoms with van der Waals surface area (Å²) in [6, 6.07) is 1.78. The minimum atomic E-state index is -0.668. The molecule has 0 saturated heterocycles. The Kier molecular flexibility index (Phi) is 6.38. The molecule has 3 N–H and O–H groups in total. The molecule has 1 aromatic rings. The molecular weight excluding hydrogens is 244 g/mol. The third-order valence-electron chi connectivity index (χ3n) is 3.06. The van der Waals surface area contributed by atoms with Crippen LogP contribution in [0.15, 0.2) is 18.5 Å². The molecule has 1 heterocycles. The van der Waals surface area contributed by atoms with Crippen LogP contribution < -0.4 is 5.73 Å². The van der Waals surface area contributed by atoms with E-state index >= 15 is 0 Å². The van der Waals surface area contributed by atoms with Crippen LogP contribution in [0.5, 0.6) is 0 Å². The molecule has 0 unspecified atom stereocenters. The van der Waals surface area contributed by atoms with Gasteiger partial charge in [0.2, 0.25) is 5.91 Å². The van der Waals surface area contributed by atoms with E-state index in [-0.39, 0.29) is 12.3 Å². The number of aliphatic hydroxyl groups excluding tert-OH is 1. The number of rotatable bonds is 8. The third-order valence-corrected chi connectivity index (χ3v) is 3.06. The maximum absolute atomic E-state index is 10.7. The van der Waals surface area contributed by atoms with Crippen molar-refractivity contribution in [2.45, 2.75) is 32.4 Å². The van der Waals surface area contributed by atoms with Crippen molar-refractivity contribution >= 4 is 5.91 Å². The molecule has 6 nitrogen and oxygen atoms in total. The first-order valence-corrected chi connectivity index (χ1v) is 6.40. The first-order chi connectivity index (χ1) is 8.99. The van der Waals surface area contributed by atoms with E-state index in [1.54, 1.807) is 18.5 Å². The second-order valence-electron chi connectivity index (χ2n) is 4.91. The third kappa shape index (κ3) is 6.26. The first kappa shape index (κ1) is 15.5. The van der Waals surface area contributed by atoms with E-state index < -0.39 is 12.0 Å². The van der Waals surface area contributed by atoms with Crippen molar-refractivity contribution in [1.29, 1.82) is 0 Å². The van der Waals surface area contributed by atoms with Gasteiger partial charge in [-0.25, -0.2) is 9.97 Å². The lowest BCUT2D eigenvalue weighted by Crippen LogP contribution is -2.29. The number of hydrogen-bond donors (Lipinski definition) is 2. The van der Waals surface area contributed by atoms with Crippen molar-refractivity contribution in [2.24, 2.45) is 11.7 Å². The lowest BCUT2D eigenvalue weighted by Gasteiger charge is -2.21. The number of carbonyl (C=O) groups excluding carboxylic acids is 1. The molecule has 6 heteroatoms. The highest BCUT2D eigenvalue weighted by Gasteiger charge is 2.17. The lowest BCUT2D eigenvalue weighted by atomic mass is 9.98. The van der Waals surface area contributed by atoms with Crippen molar-refractivity contribution in [3.63, 3.8) is 0 Å². The first-order valence-electron chi connectivity index (χ1n) is 6.40. The van der Waals surface area contributed by atoms with Gasteiger partial charge in [-0.15, -0.1) is 0 Å². The molecule has 1 aromatic heterocycles. The van der Waals surface area contributed by atoms with E-state index in [0.717, 1.165) is 18.8 Å². The van der Waals surface area contributed by atoms with Gasteiger partial charge in [-0.05, 0) is 32.0 Å². The summed E-state index contributed by atoms with van der Waals surface area (Å²) in [6.07, 6.45) is 3.58. The van der Waals surface area contributed by atoms with Gasteiger partial charge in [0, 0.05) is 12.4 Å². The Hall–Kier alpha value is -1.53. The van der Waals surface area contributed by atoms with Gasteiger partial charge >= 0.3 is 0 Å². The lowest BCUT2D eigenvalue weighted by molar-refractivity contribution is -0.120. The average molecular weight is 266 g/mol. The highest BCUT2D eigenvalue weighted by molar-refractivity contribution is 5.74. The molecule has 0 fully saturated rings. The zero-order valence-corrected chi connectivity index (χ0v) is 11.5. The second kappa shape index (κ2) is 7.81. The Morgan fingerprint density at radius 1 is 1.47 bits per heavy atom. The Bertz CT molecular complexity index is 385. The van der Waals surface area contributed by atoms with Crippen molar-refractivity contribution in [3.05, 3.63) is 24.3 Å². The van der Waals surface area contributed by atoms with Gasteiger partial charge in [-0.2, -0.15) is 0 Å². The predicted molar refractivity (Wildman–Crippen MR) is 72.0 cm³/mol. The number of aliphatic hydroxyl groups is 1. The van der Waals surface area contributed by atoms with Crippen LogP contribution in [-0.2, 0) is 11.3 Å². The quantitative estimate of drug-likeness (QED) is 0.700. The molecule has 0 aliphatic carbocycles. The molecule has 0 aliphatic heterocycles. The Labute approximate surface area is 113 Å². The fraction of sp³-hybridized carbons (Fsp3) is 0.615. The standard InChI is InChI=1S/C13H22N4O2/c1-10(11(18)8-12(14)19)4-7-17(2)9-13-15-5-3-6-16-13/h3,5-6,10-11,18H,4,7-9H2,1-2H3,(H2,14,19)/t10-,11+/m1/s1. The van der Waals surface area contributed by atoms with E-state index in [0.29, 0.717) is 6.54 Å². The summed E-state index contributed by atoms with van der Waals surface area (Å²) in [6.45, 7) is 3.38. The zero-order valence-electron chi connectivity index (χ0n) is 11.5. The number of nitrogens with zero attached hydrogens (tertiary/aromatic N) is 3. The maximum atomic E-state index is 10.7. The predicted octanol–water partition coefficient (Wildman–Crippen LogP) is 0.171. The van der Waals surface area contributed by atoms with E-state index in [1.807, 2.05) is 14.0 Å². The van der Waals surface area contributed by atoms with Crippen LogP contribution in [0, 0.1) is 5.92 Å². The summed E-state index contributed by atoms with van der Waals surface area (Å²) in [5, 5.41) is 9.75. The van der Waals surface area contributed by atoms with Crippen molar-refractivity contribution in [1.82, 2.24) is 14.9 Å². The molecule has 2 atom stereocenters. The van der Waals surface area contributed by atoms with Crippen LogP contribution in [0.4, 0.5) is 0 Å². The van der Waals surface area contributed by atoms with Crippen LogP contribution in [-0.4, -0.2) is 45.6 Å². The van der Waals surface area contributed by atoms with Crippen LogP contribution in [0.3, 0.4) is 0 Å². The number of nitrogens with two attached hydrogens (primary N) is 1. The number of amides is 1. The molecule has 0 aromatic carbocycles. The summed E-state index contributed by atoms with van der Waals surface area (Å²) >= 11 is 0. The molecule has 1 rings (SSSR count). The molecule has 0 saturated carbocycles. The molecule has 0 bridgehead atoms. The van der Waals surface area contributed by atoms with E-state index in [9.17, 15) is 9.90 Å². The maximum Gasteiger partial charge on any atom is 0.220 e. The number of aromatic nitrogens is 2. The average Bonchev–Trinajstić information content (AvgIpc) is 2.36. The monoisotopic (exact) mass is 266 g/mol. The van der Waals surface area contributed by atoms with Gasteiger partial charge in [0.1, 0.15) is 5.82 Å². The summed E-state index contributed by atoms with van der Waals surface area (Å²) in [4.78, 5) is 21.1. The topological polar surface area (TPSA) is 92.3 Å². The van der Waals surface area contributed by atoms with Gasteiger partial charge in [0.05, 0.1) is 19.1 Å². The largest absolute Gasteiger partial charge is 0.392 e. The number of hydrogen-bond acceptors (Lipinski definition) is 5. The van der Waals surface area contributed by atoms with E-state index in [4.69, 9.17) is 5.73 Å². The van der Waals surface area contributed by atoms with Crippen molar-refractivity contribution in [3.8, 4) is 0 Å². The molecule has 0 spiro atoms. The number of primary amides is 1. The van der Waals surface area contributed by atoms with Crippen molar-refractivity contribution < 1.29 is 9.90 Å². The Morgan fingerprint density at radius 3 is 2.68 bits per heavy atom. The van der Waals surface area contributed by atoms with Gasteiger partial charge in [0.25, 0.3) is 0 Å². The SMILES string of the molecule is C[C@H](CCN(C)Cc1ncccn1)[C@@H](O)CC(N)=O. The summed E-state index contributed by atoms with van der Waals surface area (Å²) in [5.74, 6) is 0.340. The van der Waals surface area contributed by atoms with Gasteiger partial charge in [0.15, 0.2) is 0 Å². The van der Waals surface area contributed by atoms with Gasteiger partial charge in [-0.1, -0.05) is 6.92 Å². The van der Waals surface area contributed by atoms with Crippen LogP contribution in [0.25, 0.3) is 0 Å². The Morgan fingerprint density at radius 2 is 2.11 bits per heavy atom. The molecule has 0 aliphatic rings. The summed E-state index contributed by atoms with van der Waals surface area (Å²) in [7, 11) is 1.98. The Balaban J connectivity index is 2.29. The van der Waals surface area contributed by atoms with Crippen LogP contribution in [0.2, 0.25) is 0 Å². The highest BCUT2D eigenvalue weighted by atomic mass is 16.3. The summed E-state index contributed by atoms with van der Waals surface area (Å²) in [5.41, 5.74) is 5.06. The minimum absolute atomic E-state index is 0.0205. The second-order valence-corrected chi connectivity index (χ2v) is 4.91. The number of carbonyl (C=O) groups is 1. The van der Waals surface area contributed by atoms with E-state index in [2.05, 4.69) is 14.9 Å². The normalized spacial score (nSPS) is 14.3. The molecule has 106 valence electrons. The molecular formula is C13H22N4O2. The fourth-order valence-corrected chi connectivity index (χ4v) is 1.76. The fourth-order valence-electron chi connectivity index (χ4n) is 1.76. The molecule has 1 amide bonds.